The summed E-state index contributed by atoms with van der Waals surface area (Å²) in [4.78, 5) is -2.82. The summed E-state index contributed by atoms with van der Waals surface area (Å²) in [6, 6.07) is 0. The standard InChI is InChI=1S/C9H8Cl6O2/c1-16-9(17-2)7(14)3(10)4(11)8(9,15)6(13)5(7)12/h3-4H,1-2H3/t3-,4-,7+,8+/m1/s1. The second-order valence-electron chi connectivity index (χ2n) is 3.88. The molecule has 0 aromatic carbocycles. The number of ether oxygens (including phenoxy) is 2. The van der Waals surface area contributed by atoms with Crippen LogP contribution in [0.25, 0.3) is 0 Å². The summed E-state index contributed by atoms with van der Waals surface area (Å²) in [6.45, 7) is 0. The van der Waals surface area contributed by atoms with Crippen molar-refractivity contribution >= 4 is 69.6 Å². The van der Waals surface area contributed by atoms with E-state index < -0.39 is 26.3 Å². The van der Waals surface area contributed by atoms with Crippen molar-refractivity contribution in [2.24, 2.45) is 0 Å². The van der Waals surface area contributed by atoms with Crippen LogP contribution in [0.5, 0.6) is 0 Å². The molecule has 0 heterocycles. The Morgan fingerprint density at radius 2 is 1.18 bits per heavy atom. The fourth-order valence-corrected chi connectivity index (χ4v) is 5.66. The molecule has 0 radical (unpaired) electrons. The Kier molecular flexibility index (Phi) is 3.65. The molecule has 0 N–H and O–H groups in total. The van der Waals surface area contributed by atoms with Crippen LogP contribution in [-0.4, -0.2) is 40.5 Å². The Morgan fingerprint density at radius 3 is 1.35 bits per heavy atom. The lowest BCUT2D eigenvalue weighted by Gasteiger charge is -2.40. The number of alkyl halides is 4. The van der Waals surface area contributed by atoms with Crippen LogP contribution in [-0.2, 0) is 9.47 Å². The number of hydrogen-bond donors (Lipinski definition) is 0. The summed E-state index contributed by atoms with van der Waals surface area (Å²) in [5.74, 6) is -1.50. The summed E-state index contributed by atoms with van der Waals surface area (Å²) >= 11 is 37.6. The van der Waals surface area contributed by atoms with Crippen molar-refractivity contribution in [2.75, 3.05) is 14.2 Å². The SMILES string of the molecule is COC1(OC)[C@@]2(Cl)C(Cl)=C(Cl)[C@@]1(Cl)[C@H](Cl)[C@H]2Cl. The van der Waals surface area contributed by atoms with Crippen LogP contribution < -0.4 is 0 Å². The average Bonchev–Trinajstić information content (AvgIpc) is 2.54. The second-order valence-corrected chi connectivity index (χ2v) is 6.77. The van der Waals surface area contributed by atoms with Gasteiger partial charge in [0, 0.05) is 14.2 Å². The lowest BCUT2D eigenvalue weighted by Crippen LogP contribution is -2.57. The van der Waals surface area contributed by atoms with Crippen molar-refractivity contribution in [2.45, 2.75) is 26.3 Å². The van der Waals surface area contributed by atoms with Crippen LogP contribution in [0.2, 0.25) is 0 Å². The molecule has 0 aromatic rings. The molecule has 2 bridgehead atoms. The zero-order chi connectivity index (χ0) is 13.2. The van der Waals surface area contributed by atoms with Gasteiger partial charge >= 0.3 is 0 Å². The van der Waals surface area contributed by atoms with Gasteiger partial charge in [0.2, 0.25) is 5.79 Å². The fraction of sp³-hybridized carbons (Fsp3) is 0.778. The van der Waals surface area contributed by atoms with Crippen molar-refractivity contribution in [1.29, 1.82) is 0 Å². The van der Waals surface area contributed by atoms with Crippen LogP contribution in [0, 0.1) is 0 Å². The highest BCUT2D eigenvalue weighted by atomic mass is 35.5. The van der Waals surface area contributed by atoms with Crippen LogP contribution >= 0.6 is 69.6 Å². The Bertz CT molecular complexity index is 363. The lowest BCUT2D eigenvalue weighted by atomic mass is 10.0. The molecule has 0 unspecified atom stereocenters. The van der Waals surface area contributed by atoms with Gasteiger partial charge in [-0.05, 0) is 0 Å². The molecule has 1 saturated carbocycles. The van der Waals surface area contributed by atoms with Crippen LogP contribution in [0.3, 0.4) is 0 Å². The molecule has 4 atom stereocenters. The van der Waals surface area contributed by atoms with Gasteiger partial charge in [0.1, 0.15) is 0 Å². The highest BCUT2D eigenvalue weighted by molar-refractivity contribution is 6.56. The molecular weight excluding hydrogens is 353 g/mol. The van der Waals surface area contributed by atoms with E-state index >= 15 is 0 Å². The molecule has 2 aliphatic carbocycles. The number of hydrogen-bond acceptors (Lipinski definition) is 2. The summed E-state index contributed by atoms with van der Waals surface area (Å²) < 4.78 is 10.7. The summed E-state index contributed by atoms with van der Waals surface area (Å²) in [5, 5.41) is -1.34. The lowest BCUT2D eigenvalue weighted by molar-refractivity contribution is -0.216. The van der Waals surface area contributed by atoms with Gasteiger partial charge in [-0.3, -0.25) is 0 Å². The highest BCUT2D eigenvalue weighted by Gasteiger charge is 2.84. The molecule has 0 aliphatic heterocycles. The minimum absolute atomic E-state index is 0.108. The monoisotopic (exact) mass is 358 g/mol. The Hall–Kier alpha value is 1.40. The Balaban J connectivity index is 2.77. The zero-order valence-corrected chi connectivity index (χ0v) is 13.3. The van der Waals surface area contributed by atoms with Gasteiger partial charge in [0.15, 0.2) is 9.75 Å². The van der Waals surface area contributed by atoms with E-state index in [0.29, 0.717) is 0 Å². The van der Waals surface area contributed by atoms with E-state index in [2.05, 4.69) is 0 Å². The normalized spacial score (nSPS) is 48.0. The first kappa shape index (κ1) is 14.8. The zero-order valence-electron chi connectivity index (χ0n) is 8.74. The molecule has 0 saturated heterocycles. The first-order chi connectivity index (χ1) is 7.75. The molecule has 0 amide bonds. The van der Waals surface area contributed by atoms with Gasteiger partial charge in [-0.2, -0.15) is 0 Å². The molecule has 2 aliphatic rings. The third kappa shape index (κ3) is 1.25. The predicted octanol–water partition coefficient (Wildman–Crippen LogP) is 3.86. The van der Waals surface area contributed by atoms with Crippen molar-refractivity contribution < 1.29 is 9.47 Å². The maximum atomic E-state index is 6.48. The van der Waals surface area contributed by atoms with Gasteiger partial charge in [0.25, 0.3) is 0 Å². The molecule has 0 aromatic heterocycles. The number of halogens is 6. The molecule has 0 spiro atoms. The minimum Gasteiger partial charge on any atom is -0.349 e. The molecule has 2 rings (SSSR count). The third-order valence-corrected chi connectivity index (χ3v) is 7.50. The van der Waals surface area contributed by atoms with E-state index in [0.717, 1.165) is 0 Å². The van der Waals surface area contributed by atoms with E-state index in [-0.39, 0.29) is 10.1 Å². The van der Waals surface area contributed by atoms with E-state index in [1.54, 1.807) is 0 Å². The van der Waals surface area contributed by atoms with Crippen LogP contribution in [0.15, 0.2) is 10.1 Å². The number of rotatable bonds is 2. The predicted molar refractivity (Wildman–Crippen MR) is 71.9 cm³/mol. The van der Waals surface area contributed by atoms with Gasteiger partial charge < -0.3 is 9.47 Å². The topological polar surface area (TPSA) is 18.5 Å². The second kappa shape index (κ2) is 4.20. The minimum atomic E-state index is -1.50. The summed E-state index contributed by atoms with van der Waals surface area (Å²) in [5.41, 5.74) is 0. The first-order valence-electron chi connectivity index (χ1n) is 4.58. The molecule has 17 heavy (non-hydrogen) atoms. The first-order valence-corrected chi connectivity index (χ1v) is 6.96. The van der Waals surface area contributed by atoms with Gasteiger partial charge in [0.05, 0.1) is 20.8 Å². The van der Waals surface area contributed by atoms with Crippen LogP contribution in [0.1, 0.15) is 0 Å². The molecule has 2 nitrogen and oxygen atoms in total. The van der Waals surface area contributed by atoms with Gasteiger partial charge in [-0.25, -0.2) is 0 Å². The maximum absolute atomic E-state index is 6.48. The van der Waals surface area contributed by atoms with E-state index in [9.17, 15) is 0 Å². The average molecular weight is 361 g/mol. The largest absolute Gasteiger partial charge is 0.349 e. The van der Waals surface area contributed by atoms with Gasteiger partial charge in [-0.1, -0.05) is 23.2 Å². The molecule has 1 fully saturated rings. The fourth-order valence-electron chi connectivity index (χ4n) is 2.56. The Labute approximate surface area is 129 Å². The van der Waals surface area contributed by atoms with E-state index in [1.807, 2.05) is 0 Å². The van der Waals surface area contributed by atoms with E-state index in [1.165, 1.54) is 14.2 Å². The highest BCUT2D eigenvalue weighted by Crippen LogP contribution is 2.71. The van der Waals surface area contributed by atoms with Crippen molar-refractivity contribution in [3.8, 4) is 0 Å². The third-order valence-electron chi connectivity index (χ3n) is 3.38. The van der Waals surface area contributed by atoms with Crippen molar-refractivity contribution in [3.63, 3.8) is 0 Å². The van der Waals surface area contributed by atoms with Crippen LogP contribution in [0.4, 0.5) is 0 Å². The van der Waals surface area contributed by atoms with Gasteiger partial charge in [-0.15, -0.1) is 46.4 Å². The smallest absolute Gasteiger partial charge is 0.220 e. The Morgan fingerprint density at radius 1 is 0.882 bits per heavy atom. The molecule has 8 heteroatoms. The molecular formula is C9H8Cl6O2. The van der Waals surface area contributed by atoms with E-state index in [4.69, 9.17) is 79.1 Å². The molecule has 98 valence electrons. The van der Waals surface area contributed by atoms with Crippen molar-refractivity contribution in [3.05, 3.63) is 10.1 Å². The number of methoxy groups -OCH3 is 2. The number of fused-ring (bicyclic) bond motifs is 2. The summed E-state index contributed by atoms with van der Waals surface area (Å²) in [7, 11) is 2.77. The van der Waals surface area contributed by atoms with Crippen molar-refractivity contribution in [1.82, 2.24) is 0 Å². The maximum Gasteiger partial charge on any atom is 0.220 e. The summed E-state index contributed by atoms with van der Waals surface area (Å²) in [6.07, 6.45) is 0. The quantitative estimate of drug-likeness (QED) is 0.550.